The third-order valence-corrected chi connectivity index (χ3v) is 16.0. The lowest BCUT2D eigenvalue weighted by Gasteiger charge is -2.22. The minimum atomic E-state index is -0.669. The highest BCUT2D eigenvalue weighted by atomic mass is 16.5. The van der Waals surface area contributed by atoms with Crippen LogP contribution in [0, 0.1) is 0 Å². The Kier molecular flexibility index (Phi) is 63.4. The number of aliphatic hydroxyl groups is 2. The summed E-state index contributed by atoms with van der Waals surface area (Å²) in [6.45, 7) is 4.98. The summed E-state index contributed by atoms with van der Waals surface area (Å²) < 4.78 is 5.48. The molecular formula is C69H133NO5. The summed E-state index contributed by atoms with van der Waals surface area (Å²) in [6.07, 6.45) is 80.7. The van der Waals surface area contributed by atoms with Crippen LogP contribution in [0.3, 0.4) is 0 Å². The number of aliphatic hydroxyl groups excluding tert-OH is 2. The number of ether oxygens (including phenoxy) is 1. The largest absolute Gasteiger partial charge is 0.466 e. The van der Waals surface area contributed by atoms with Gasteiger partial charge in [-0.1, -0.05) is 334 Å². The van der Waals surface area contributed by atoms with Gasteiger partial charge in [0.15, 0.2) is 0 Å². The third-order valence-electron chi connectivity index (χ3n) is 16.0. The van der Waals surface area contributed by atoms with Gasteiger partial charge in [-0.2, -0.15) is 0 Å². The molecule has 0 saturated carbocycles. The van der Waals surface area contributed by atoms with Crippen LogP contribution in [0.25, 0.3) is 0 Å². The van der Waals surface area contributed by atoms with Crippen molar-refractivity contribution in [3.05, 3.63) is 24.3 Å². The van der Waals surface area contributed by atoms with Gasteiger partial charge in [0.25, 0.3) is 0 Å². The third kappa shape index (κ3) is 61.4. The number of rotatable bonds is 64. The van der Waals surface area contributed by atoms with Crippen LogP contribution < -0.4 is 5.32 Å². The average Bonchev–Trinajstić information content (AvgIpc) is 3.41. The normalized spacial score (nSPS) is 12.6. The van der Waals surface area contributed by atoms with E-state index in [2.05, 4.69) is 43.5 Å². The highest BCUT2D eigenvalue weighted by Gasteiger charge is 2.20. The summed E-state index contributed by atoms with van der Waals surface area (Å²) in [5, 5.41) is 23.4. The van der Waals surface area contributed by atoms with Crippen LogP contribution >= 0.6 is 0 Å². The molecule has 0 spiro atoms. The molecular weight excluding hydrogens is 923 g/mol. The molecule has 0 aromatic rings. The lowest BCUT2D eigenvalue weighted by Crippen LogP contribution is -2.45. The molecule has 0 aromatic carbocycles. The van der Waals surface area contributed by atoms with Crippen molar-refractivity contribution in [2.75, 3.05) is 13.2 Å². The summed E-state index contributed by atoms with van der Waals surface area (Å²) in [7, 11) is 0. The molecule has 0 aliphatic rings. The van der Waals surface area contributed by atoms with Crippen LogP contribution in [0.15, 0.2) is 24.3 Å². The van der Waals surface area contributed by atoms with Crippen LogP contribution in [-0.2, 0) is 14.3 Å². The van der Waals surface area contributed by atoms with Gasteiger partial charge in [-0.15, -0.1) is 0 Å². The number of nitrogens with one attached hydrogen (secondary N) is 1. The molecule has 0 radical (unpaired) electrons. The monoisotopic (exact) mass is 1060 g/mol. The van der Waals surface area contributed by atoms with Crippen molar-refractivity contribution in [2.45, 2.75) is 392 Å². The van der Waals surface area contributed by atoms with E-state index in [-0.39, 0.29) is 18.5 Å². The molecule has 0 heterocycles. The van der Waals surface area contributed by atoms with Crippen LogP contribution in [0.2, 0.25) is 0 Å². The second kappa shape index (κ2) is 64.9. The molecule has 0 aliphatic heterocycles. The highest BCUT2D eigenvalue weighted by molar-refractivity contribution is 5.76. The van der Waals surface area contributed by atoms with Crippen molar-refractivity contribution in [1.82, 2.24) is 5.32 Å². The maximum Gasteiger partial charge on any atom is 0.305 e. The molecule has 1 amide bonds. The zero-order valence-electron chi connectivity index (χ0n) is 50.8. The number of hydrogen-bond acceptors (Lipinski definition) is 5. The first-order valence-corrected chi connectivity index (χ1v) is 34.1. The van der Waals surface area contributed by atoms with Crippen LogP contribution in [0.5, 0.6) is 0 Å². The topological polar surface area (TPSA) is 95.9 Å². The van der Waals surface area contributed by atoms with Crippen molar-refractivity contribution in [3.63, 3.8) is 0 Å². The number of esters is 1. The van der Waals surface area contributed by atoms with Crippen LogP contribution in [-0.4, -0.2) is 47.4 Å². The molecule has 6 heteroatoms. The number of carbonyl (C=O) groups excluding carboxylic acids is 2. The minimum absolute atomic E-state index is 0.0112. The van der Waals surface area contributed by atoms with Gasteiger partial charge in [0, 0.05) is 12.8 Å². The van der Waals surface area contributed by atoms with Gasteiger partial charge in [-0.05, 0) is 57.8 Å². The Bertz CT molecular complexity index is 1170. The van der Waals surface area contributed by atoms with Gasteiger partial charge in [0.1, 0.15) is 0 Å². The van der Waals surface area contributed by atoms with Crippen molar-refractivity contribution >= 4 is 11.9 Å². The molecule has 3 N–H and O–H groups in total. The average molecular weight is 1060 g/mol. The molecule has 444 valence electrons. The highest BCUT2D eigenvalue weighted by Crippen LogP contribution is 2.18. The molecule has 6 nitrogen and oxygen atoms in total. The van der Waals surface area contributed by atoms with Crippen molar-refractivity contribution in [2.24, 2.45) is 0 Å². The van der Waals surface area contributed by atoms with E-state index in [1.165, 1.54) is 302 Å². The Morgan fingerprint density at radius 1 is 0.373 bits per heavy atom. The van der Waals surface area contributed by atoms with Crippen molar-refractivity contribution < 1.29 is 24.5 Å². The van der Waals surface area contributed by atoms with E-state index in [0.29, 0.717) is 25.9 Å². The fourth-order valence-corrected chi connectivity index (χ4v) is 10.8. The first-order valence-electron chi connectivity index (χ1n) is 34.1. The van der Waals surface area contributed by atoms with Crippen LogP contribution in [0.1, 0.15) is 380 Å². The molecule has 0 bridgehead atoms. The zero-order chi connectivity index (χ0) is 54.3. The van der Waals surface area contributed by atoms with Gasteiger partial charge in [-0.3, -0.25) is 9.59 Å². The molecule has 0 fully saturated rings. The Labute approximate surface area is 469 Å². The maximum absolute atomic E-state index is 12.5. The Balaban J connectivity index is 3.43. The minimum Gasteiger partial charge on any atom is -0.466 e. The lowest BCUT2D eigenvalue weighted by molar-refractivity contribution is -0.143. The SMILES string of the molecule is CCCCCCCCCCCCCCCCCCCCCCC(O)C(CO)NC(=O)CCCCCCCCCCC/C=C\C/C=C\CCCCCCCCCCCOC(=O)CCCCCCCCCCCCCCC. The summed E-state index contributed by atoms with van der Waals surface area (Å²) in [5.74, 6) is -0.0260. The number of hydrogen-bond donors (Lipinski definition) is 3. The zero-order valence-corrected chi connectivity index (χ0v) is 50.8. The second-order valence-corrected chi connectivity index (χ2v) is 23.5. The van der Waals surface area contributed by atoms with E-state index < -0.39 is 12.1 Å². The molecule has 0 aliphatic carbocycles. The number of amides is 1. The number of carbonyl (C=O) groups is 2. The Morgan fingerprint density at radius 2 is 0.667 bits per heavy atom. The van der Waals surface area contributed by atoms with E-state index in [9.17, 15) is 19.8 Å². The Morgan fingerprint density at radius 3 is 1.01 bits per heavy atom. The lowest BCUT2D eigenvalue weighted by atomic mass is 10.0. The molecule has 0 rings (SSSR count). The first-order chi connectivity index (χ1) is 37.0. The molecule has 0 aromatic heterocycles. The molecule has 2 atom stereocenters. The standard InChI is InChI=1S/C69H133NO5/c1-3-5-7-9-11-13-15-17-18-19-20-28-31-34-38-41-45-49-53-57-61-67(72)66(65-71)70-68(73)62-58-54-50-46-42-39-35-32-29-26-24-22-21-23-25-27-30-33-36-40-44-48-52-56-60-64-75-69(74)63-59-55-51-47-43-37-16-14-12-10-8-6-4-2/h22-25,66-67,71-72H,3-21,26-65H2,1-2H3,(H,70,73)/b24-22-,25-23-. The summed E-state index contributed by atoms with van der Waals surface area (Å²) in [4.78, 5) is 24.6. The smallest absolute Gasteiger partial charge is 0.305 e. The molecule has 75 heavy (non-hydrogen) atoms. The van der Waals surface area contributed by atoms with E-state index in [1.807, 2.05) is 0 Å². The van der Waals surface area contributed by atoms with E-state index in [0.717, 1.165) is 44.9 Å². The quantitative estimate of drug-likeness (QED) is 0.0320. The Hall–Kier alpha value is -1.66. The fourth-order valence-electron chi connectivity index (χ4n) is 10.8. The van der Waals surface area contributed by atoms with Gasteiger partial charge in [0.05, 0.1) is 25.4 Å². The first kappa shape index (κ1) is 73.3. The predicted molar refractivity (Wildman–Crippen MR) is 329 cm³/mol. The van der Waals surface area contributed by atoms with E-state index in [1.54, 1.807) is 0 Å². The van der Waals surface area contributed by atoms with Crippen molar-refractivity contribution in [1.29, 1.82) is 0 Å². The summed E-state index contributed by atoms with van der Waals surface area (Å²) >= 11 is 0. The fraction of sp³-hybridized carbons (Fsp3) is 0.913. The van der Waals surface area contributed by atoms with Gasteiger partial charge in [-0.25, -0.2) is 0 Å². The summed E-state index contributed by atoms with van der Waals surface area (Å²) in [5.41, 5.74) is 0. The number of allylic oxidation sites excluding steroid dienone is 4. The summed E-state index contributed by atoms with van der Waals surface area (Å²) in [6, 6.07) is -0.547. The number of unbranched alkanes of at least 4 members (excludes halogenated alkanes) is 49. The van der Waals surface area contributed by atoms with E-state index in [4.69, 9.17) is 4.74 Å². The van der Waals surface area contributed by atoms with Gasteiger partial charge < -0.3 is 20.3 Å². The van der Waals surface area contributed by atoms with Crippen molar-refractivity contribution in [3.8, 4) is 0 Å². The van der Waals surface area contributed by atoms with Gasteiger partial charge >= 0.3 is 5.97 Å². The maximum atomic E-state index is 12.5. The second-order valence-electron chi connectivity index (χ2n) is 23.5. The molecule has 0 saturated heterocycles. The predicted octanol–water partition coefficient (Wildman–Crippen LogP) is 21.8. The van der Waals surface area contributed by atoms with E-state index >= 15 is 0 Å². The van der Waals surface area contributed by atoms with Crippen LogP contribution in [0.4, 0.5) is 0 Å². The molecule has 2 unspecified atom stereocenters. The van der Waals surface area contributed by atoms with Gasteiger partial charge in [0.2, 0.25) is 5.91 Å².